The van der Waals surface area contributed by atoms with Crippen molar-refractivity contribution in [3.05, 3.63) is 12.7 Å². The summed E-state index contributed by atoms with van der Waals surface area (Å²) in [7, 11) is 1.62. The first-order valence-corrected chi connectivity index (χ1v) is 5.94. The number of imidazole rings is 1. The Hall–Kier alpha value is -1.77. The zero-order valence-corrected chi connectivity index (χ0v) is 10.4. The molecule has 2 aromatic rings. The molecule has 0 aromatic carbocycles. The van der Waals surface area contributed by atoms with Crippen LogP contribution in [-0.2, 0) is 9.47 Å². The molecule has 1 fully saturated rings. The number of aliphatic hydroxyl groups excluding tert-OH is 1. The first-order valence-electron chi connectivity index (χ1n) is 5.94. The highest BCUT2D eigenvalue weighted by Gasteiger charge is 2.43. The lowest BCUT2D eigenvalue weighted by molar-refractivity contribution is -0.245. The summed E-state index contributed by atoms with van der Waals surface area (Å²) in [4.78, 5) is 12.3. The third kappa shape index (κ3) is 1.84. The van der Waals surface area contributed by atoms with E-state index in [1.165, 1.54) is 6.33 Å². The van der Waals surface area contributed by atoms with Gasteiger partial charge in [0.15, 0.2) is 11.5 Å². The van der Waals surface area contributed by atoms with Crippen LogP contribution in [0.4, 0.5) is 5.82 Å². The van der Waals surface area contributed by atoms with Gasteiger partial charge in [-0.05, 0) is 0 Å². The fourth-order valence-electron chi connectivity index (χ4n) is 2.36. The Morgan fingerprint density at radius 2 is 2.32 bits per heavy atom. The second-order valence-corrected chi connectivity index (χ2v) is 4.45. The number of hydrogen-bond acceptors (Lipinski definition) is 7. The van der Waals surface area contributed by atoms with Crippen molar-refractivity contribution in [2.24, 2.45) is 5.92 Å². The molecule has 3 N–H and O–H groups in total. The molecule has 0 aliphatic carbocycles. The third-order valence-corrected chi connectivity index (χ3v) is 3.36. The summed E-state index contributed by atoms with van der Waals surface area (Å²) in [6.07, 6.45) is 2.54. The molecule has 0 spiro atoms. The topological polar surface area (TPSA) is 108 Å². The van der Waals surface area contributed by atoms with Crippen molar-refractivity contribution in [3.63, 3.8) is 0 Å². The van der Waals surface area contributed by atoms with Gasteiger partial charge in [-0.1, -0.05) is 0 Å². The molecule has 19 heavy (non-hydrogen) atoms. The molecule has 8 nitrogen and oxygen atoms in total. The van der Waals surface area contributed by atoms with Gasteiger partial charge in [-0.15, -0.1) is 0 Å². The second kappa shape index (κ2) is 4.72. The maximum Gasteiger partial charge on any atom is 0.167 e. The quantitative estimate of drug-likeness (QED) is 0.771. The van der Waals surface area contributed by atoms with E-state index in [-0.39, 0.29) is 24.9 Å². The van der Waals surface area contributed by atoms with Crippen LogP contribution in [0, 0.1) is 5.92 Å². The van der Waals surface area contributed by atoms with Gasteiger partial charge in [0.1, 0.15) is 18.1 Å². The monoisotopic (exact) mass is 265 g/mol. The summed E-state index contributed by atoms with van der Waals surface area (Å²) in [6.45, 7) is 0.463. The zero-order valence-electron chi connectivity index (χ0n) is 10.4. The minimum absolute atomic E-state index is 0.0335. The SMILES string of the molecule is COC[C@@H]1[C@H](n2cnc3c(N)ncnc32)O[C@@H]1CO. The van der Waals surface area contributed by atoms with Crippen LogP contribution in [-0.4, -0.2) is 51.1 Å². The van der Waals surface area contributed by atoms with E-state index in [0.29, 0.717) is 23.6 Å². The Labute approximate surface area is 109 Å². The molecule has 102 valence electrons. The van der Waals surface area contributed by atoms with Gasteiger partial charge in [0.2, 0.25) is 0 Å². The highest BCUT2D eigenvalue weighted by molar-refractivity contribution is 5.81. The van der Waals surface area contributed by atoms with E-state index in [1.54, 1.807) is 18.0 Å². The van der Waals surface area contributed by atoms with Gasteiger partial charge in [0.25, 0.3) is 0 Å². The maximum atomic E-state index is 9.20. The number of ether oxygens (including phenoxy) is 2. The van der Waals surface area contributed by atoms with E-state index in [2.05, 4.69) is 15.0 Å². The lowest BCUT2D eigenvalue weighted by Crippen LogP contribution is -2.49. The lowest BCUT2D eigenvalue weighted by atomic mass is 9.95. The largest absolute Gasteiger partial charge is 0.394 e. The van der Waals surface area contributed by atoms with Crippen LogP contribution in [0.15, 0.2) is 12.7 Å². The van der Waals surface area contributed by atoms with Crippen LogP contribution < -0.4 is 5.73 Å². The molecule has 3 rings (SSSR count). The van der Waals surface area contributed by atoms with Crippen LogP contribution in [0.3, 0.4) is 0 Å². The molecule has 1 aliphatic rings. The van der Waals surface area contributed by atoms with Crippen molar-refractivity contribution in [2.75, 3.05) is 26.1 Å². The van der Waals surface area contributed by atoms with Crippen molar-refractivity contribution in [1.82, 2.24) is 19.5 Å². The Balaban J connectivity index is 1.94. The summed E-state index contributed by atoms with van der Waals surface area (Å²) >= 11 is 0. The summed E-state index contributed by atoms with van der Waals surface area (Å²) in [5, 5.41) is 9.20. The molecule has 3 heterocycles. The average Bonchev–Trinajstić information content (AvgIpc) is 2.81. The molecule has 0 amide bonds. The average molecular weight is 265 g/mol. The third-order valence-electron chi connectivity index (χ3n) is 3.36. The molecule has 1 saturated heterocycles. The number of aliphatic hydroxyl groups is 1. The van der Waals surface area contributed by atoms with Crippen molar-refractivity contribution < 1.29 is 14.6 Å². The molecule has 0 bridgehead atoms. The van der Waals surface area contributed by atoms with Crippen molar-refractivity contribution >= 4 is 17.0 Å². The smallest absolute Gasteiger partial charge is 0.167 e. The Morgan fingerprint density at radius 3 is 3.05 bits per heavy atom. The van der Waals surface area contributed by atoms with E-state index in [9.17, 15) is 5.11 Å². The minimum Gasteiger partial charge on any atom is -0.394 e. The number of nitrogen functional groups attached to an aromatic ring is 1. The molecule has 0 radical (unpaired) electrons. The van der Waals surface area contributed by atoms with Gasteiger partial charge in [-0.2, -0.15) is 0 Å². The van der Waals surface area contributed by atoms with Gasteiger partial charge in [0, 0.05) is 7.11 Å². The number of methoxy groups -OCH3 is 1. The van der Waals surface area contributed by atoms with E-state index in [1.807, 2.05) is 0 Å². The summed E-state index contributed by atoms with van der Waals surface area (Å²) in [5.74, 6) is 0.397. The van der Waals surface area contributed by atoms with Crippen LogP contribution >= 0.6 is 0 Å². The molecule has 3 atom stereocenters. The summed E-state index contributed by atoms with van der Waals surface area (Å²) < 4.78 is 12.6. The fourth-order valence-corrected chi connectivity index (χ4v) is 2.36. The number of nitrogens with zero attached hydrogens (tertiary/aromatic N) is 4. The second-order valence-electron chi connectivity index (χ2n) is 4.45. The normalized spacial score (nSPS) is 26.5. The van der Waals surface area contributed by atoms with Gasteiger partial charge in [-0.25, -0.2) is 15.0 Å². The maximum absolute atomic E-state index is 9.20. The number of anilines is 1. The van der Waals surface area contributed by atoms with E-state index >= 15 is 0 Å². The zero-order chi connectivity index (χ0) is 13.4. The molecule has 1 aliphatic heterocycles. The standard InChI is InChI=1S/C11H15N5O3/c1-18-3-6-7(2-17)19-11(6)16-5-15-8-9(12)13-4-14-10(8)16/h4-7,11,17H,2-3H2,1H3,(H2,12,13,14)/t6-,7+,11+/m0/s1. The van der Waals surface area contributed by atoms with Crippen LogP contribution in [0.2, 0.25) is 0 Å². The minimum atomic E-state index is -0.253. The molecule has 0 unspecified atom stereocenters. The highest BCUT2D eigenvalue weighted by atomic mass is 16.6. The predicted octanol–water partition coefficient (Wildman–Crippen LogP) is -0.439. The number of aromatic nitrogens is 4. The highest BCUT2D eigenvalue weighted by Crippen LogP contribution is 2.38. The van der Waals surface area contributed by atoms with Crippen molar-refractivity contribution in [1.29, 1.82) is 0 Å². The first kappa shape index (κ1) is 12.3. The number of rotatable bonds is 4. The Bertz CT molecular complexity index is 587. The van der Waals surface area contributed by atoms with Gasteiger partial charge >= 0.3 is 0 Å². The molecule has 0 saturated carbocycles. The van der Waals surface area contributed by atoms with E-state index < -0.39 is 0 Å². The van der Waals surface area contributed by atoms with E-state index in [0.717, 1.165) is 0 Å². The first-order chi connectivity index (χ1) is 9.26. The Morgan fingerprint density at radius 1 is 1.47 bits per heavy atom. The lowest BCUT2D eigenvalue weighted by Gasteiger charge is -2.43. The number of hydrogen-bond donors (Lipinski definition) is 2. The Kier molecular flexibility index (Phi) is 3.05. The summed E-state index contributed by atoms with van der Waals surface area (Å²) in [6, 6.07) is 0. The predicted molar refractivity (Wildman–Crippen MR) is 66.1 cm³/mol. The van der Waals surface area contributed by atoms with Crippen molar-refractivity contribution in [3.8, 4) is 0 Å². The van der Waals surface area contributed by atoms with Gasteiger partial charge in [-0.3, -0.25) is 4.57 Å². The number of fused-ring (bicyclic) bond motifs is 1. The van der Waals surface area contributed by atoms with Crippen LogP contribution in [0.1, 0.15) is 6.23 Å². The van der Waals surface area contributed by atoms with Crippen LogP contribution in [0.25, 0.3) is 11.2 Å². The van der Waals surface area contributed by atoms with Crippen molar-refractivity contribution in [2.45, 2.75) is 12.3 Å². The molecule has 8 heteroatoms. The molecular weight excluding hydrogens is 250 g/mol. The summed E-state index contributed by atoms with van der Waals surface area (Å²) in [5.41, 5.74) is 6.91. The van der Waals surface area contributed by atoms with Gasteiger partial charge < -0.3 is 20.3 Å². The molecular formula is C11H15N5O3. The number of nitrogens with two attached hydrogens (primary N) is 1. The molecule has 2 aromatic heterocycles. The van der Waals surface area contributed by atoms with E-state index in [4.69, 9.17) is 15.2 Å². The van der Waals surface area contributed by atoms with Crippen LogP contribution in [0.5, 0.6) is 0 Å². The fraction of sp³-hybridized carbons (Fsp3) is 0.545. The van der Waals surface area contributed by atoms with Gasteiger partial charge in [0.05, 0.1) is 31.6 Å².